The molecule has 0 saturated carbocycles. The molecule has 0 amide bonds. The van der Waals surface area contributed by atoms with Gasteiger partial charge in [0.2, 0.25) is 0 Å². The zero-order valence-electron chi connectivity index (χ0n) is 16.1. The fourth-order valence-electron chi connectivity index (χ4n) is 3.65. The Labute approximate surface area is 176 Å². The van der Waals surface area contributed by atoms with Crippen LogP contribution in [0.1, 0.15) is 34.1 Å². The topological polar surface area (TPSA) is 52.0 Å². The van der Waals surface area contributed by atoms with Crippen LogP contribution in [0.5, 0.6) is 0 Å². The Morgan fingerprint density at radius 3 is 2.90 bits per heavy atom. The summed E-state index contributed by atoms with van der Waals surface area (Å²) in [6.45, 7) is 6.34. The third kappa shape index (κ3) is 3.94. The zero-order chi connectivity index (χ0) is 20.5. The van der Waals surface area contributed by atoms with Crippen molar-refractivity contribution in [2.24, 2.45) is 5.92 Å². The van der Waals surface area contributed by atoms with Crippen LogP contribution in [0.4, 0.5) is 4.39 Å². The molecule has 0 saturated heterocycles. The fraction of sp³-hybridized carbons (Fsp3) is 0.318. The fourth-order valence-corrected chi connectivity index (χ4v) is 5.98. The number of aryl methyl sites for hydroxylation is 1. The molecule has 0 N–H and O–H groups in total. The largest absolute Gasteiger partial charge is 0.293 e. The maximum atomic E-state index is 13.2. The molecule has 2 aromatic heterocycles. The highest BCUT2D eigenvalue weighted by Crippen LogP contribution is 2.36. The Hall–Kier alpha value is -2.25. The molecule has 1 aromatic carbocycles. The van der Waals surface area contributed by atoms with Gasteiger partial charge in [-0.25, -0.2) is 9.37 Å². The van der Waals surface area contributed by atoms with Gasteiger partial charge in [-0.15, -0.1) is 17.9 Å². The lowest BCUT2D eigenvalue weighted by molar-refractivity contribution is 0.102. The van der Waals surface area contributed by atoms with Gasteiger partial charge in [0.05, 0.1) is 11.1 Å². The summed E-state index contributed by atoms with van der Waals surface area (Å²) in [6, 6.07) is 5.49. The first-order valence-corrected chi connectivity index (χ1v) is 11.4. The van der Waals surface area contributed by atoms with E-state index in [1.807, 2.05) is 0 Å². The van der Waals surface area contributed by atoms with Crippen molar-refractivity contribution in [2.45, 2.75) is 37.9 Å². The lowest BCUT2D eigenvalue weighted by Crippen LogP contribution is -2.24. The Kier molecular flexibility index (Phi) is 5.69. The number of carbonyl (C=O) groups is 1. The highest BCUT2D eigenvalue weighted by Gasteiger charge is 2.24. The molecule has 0 bridgehead atoms. The number of hydrogen-bond donors (Lipinski definition) is 0. The minimum Gasteiger partial charge on any atom is -0.293 e. The summed E-state index contributed by atoms with van der Waals surface area (Å²) in [5.41, 5.74) is 1.54. The van der Waals surface area contributed by atoms with Crippen LogP contribution in [-0.4, -0.2) is 21.1 Å². The Morgan fingerprint density at radius 1 is 1.41 bits per heavy atom. The van der Waals surface area contributed by atoms with E-state index >= 15 is 0 Å². The van der Waals surface area contributed by atoms with Crippen LogP contribution in [-0.2, 0) is 19.4 Å². The number of fused-ring (bicyclic) bond motifs is 3. The molecule has 0 fully saturated rings. The van der Waals surface area contributed by atoms with Crippen molar-refractivity contribution >= 4 is 39.1 Å². The molecule has 0 aliphatic heterocycles. The van der Waals surface area contributed by atoms with Gasteiger partial charge in [0.25, 0.3) is 5.56 Å². The van der Waals surface area contributed by atoms with Crippen molar-refractivity contribution in [1.29, 1.82) is 0 Å². The van der Waals surface area contributed by atoms with Crippen molar-refractivity contribution in [1.82, 2.24) is 9.55 Å². The monoisotopic (exact) mass is 428 g/mol. The van der Waals surface area contributed by atoms with Crippen molar-refractivity contribution < 1.29 is 9.18 Å². The second-order valence-corrected chi connectivity index (χ2v) is 9.38. The first-order valence-electron chi connectivity index (χ1n) is 9.55. The zero-order valence-corrected chi connectivity index (χ0v) is 17.7. The first kappa shape index (κ1) is 20.0. The maximum absolute atomic E-state index is 13.2. The van der Waals surface area contributed by atoms with Gasteiger partial charge in [0.15, 0.2) is 10.9 Å². The van der Waals surface area contributed by atoms with Crippen molar-refractivity contribution in [3.05, 3.63) is 69.1 Å². The maximum Gasteiger partial charge on any atom is 0.263 e. The predicted octanol–water partition coefficient (Wildman–Crippen LogP) is 4.88. The number of benzene rings is 1. The van der Waals surface area contributed by atoms with E-state index in [2.05, 4.69) is 13.5 Å². The second-order valence-electron chi connectivity index (χ2n) is 7.35. The van der Waals surface area contributed by atoms with Gasteiger partial charge in [-0.2, -0.15) is 0 Å². The summed E-state index contributed by atoms with van der Waals surface area (Å²) in [5, 5.41) is 1.25. The van der Waals surface area contributed by atoms with Crippen LogP contribution >= 0.6 is 23.1 Å². The number of carbonyl (C=O) groups excluding carboxylic acids is 1. The molecule has 150 valence electrons. The molecule has 4 rings (SSSR count). The summed E-state index contributed by atoms with van der Waals surface area (Å²) in [7, 11) is 0. The molecule has 1 aliphatic rings. The molecule has 1 atom stereocenters. The summed E-state index contributed by atoms with van der Waals surface area (Å²) < 4.78 is 14.7. The van der Waals surface area contributed by atoms with E-state index in [0.717, 1.165) is 35.0 Å². The van der Waals surface area contributed by atoms with Gasteiger partial charge in [-0.05, 0) is 55.0 Å². The minimum absolute atomic E-state index is 0.0568. The van der Waals surface area contributed by atoms with E-state index < -0.39 is 0 Å². The number of rotatable bonds is 6. The van der Waals surface area contributed by atoms with Crippen LogP contribution in [0.15, 0.2) is 46.9 Å². The number of aromatic nitrogens is 2. The van der Waals surface area contributed by atoms with Crippen LogP contribution in [0, 0.1) is 11.7 Å². The number of halogens is 1. The number of ketones is 1. The van der Waals surface area contributed by atoms with Crippen LogP contribution in [0.25, 0.3) is 10.2 Å². The second kappa shape index (κ2) is 8.24. The number of hydrogen-bond acceptors (Lipinski definition) is 5. The van der Waals surface area contributed by atoms with Crippen molar-refractivity contribution in [3.8, 4) is 0 Å². The molecule has 2 heterocycles. The van der Waals surface area contributed by atoms with E-state index in [1.165, 1.54) is 40.9 Å². The molecule has 7 heteroatoms. The highest BCUT2D eigenvalue weighted by atomic mass is 32.2. The van der Waals surface area contributed by atoms with E-state index in [4.69, 9.17) is 4.98 Å². The average molecular weight is 429 g/mol. The van der Waals surface area contributed by atoms with Gasteiger partial charge in [0.1, 0.15) is 10.6 Å². The molecule has 1 aliphatic carbocycles. The number of Topliss-reactive ketones (excluding diaryl/α,β-unsaturated/α-hetero) is 1. The molecule has 3 aromatic rings. The van der Waals surface area contributed by atoms with Crippen LogP contribution in [0.2, 0.25) is 0 Å². The summed E-state index contributed by atoms with van der Waals surface area (Å²) in [4.78, 5) is 32.5. The number of allylic oxidation sites excluding steroid dienone is 1. The predicted molar refractivity (Wildman–Crippen MR) is 117 cm³/mol. The third-order valence-corrected chi connectivity index (χ3v) is 7.32. The smallest absolute Gasteiger partial charge is 0.263 e. The lowest BCUT2D eigenvalue weighted by Gasteiger charge is -2.17. The van der Waals surface area contributed by atoms with Gasteiger partial charge in [-0.3, -0.25) is 14.2 Å². The summed E-state index contributed by atoms with van der Waals surface area (Å²) in [6.07, 6.45) is 4.66. The summed E-state index contributed by atoms with van der Waals surface area (Å²) >= 11 is 2.84. The lowest BCUT2D eigenvalue weighted by atomic mass is 9.89. The highest BCUT2D eigenvalue weighted by molar-refractivity contribution is 7.99. The normalized spacial score (nSPS) is 16.0. The van der Waals surface area contributed by atoms with Gasteiger partial charge in [0, 0.05) is 17.0 Å². The van der Waals surface area contributed by atoms with Crippen LogP contribution in [0.3, 0.4) is 0 Å². The average Bonchev–Trinajstić information content (AvgIpc) is 3.06. The Morgan fingerprint density at radius 2 is 2.17 bits per heavy atom. The molecule has 29 heavy (non-hydrogen) atoms. The van der Waals surface area contributed by atoms with Crippen molar-refractivity contribution in [3.63, 3.8) is 0 Å². The molecular formula is C22H21FN2O2S2. The molecule has 4 nitrogen and oxygen atoms in total. The van der Waals surface area contributed by atoms with E-state index in [0.29, 0.717) is 23.2 Å². The summed E-state index contributed by atoms with van der Waals surface area (Å²) in [5.74, 6) is 0.238. The Balaban J connectivity index is 1.68. The minimum atomic E-state index is -0.378. The number of thioether (sulfide) groups is 1. The standard InChI is InChI=1S/C22H21FN2O2S2/c1-3-10-25-21(27)19-16-9-4-13(2)11-18(16)29-20(19)24-22(25)28-12-17(26)14-5-7-15(23)8-6-14/h3,5-8,13H,1,4,9-12H2,2H3/t13-/m0/s1. The van der Waals surface area contributed by atoms with E-state index in [-0.39, 0.29) is 22.9 Å². The molecule has 0 unspecified atom stereocenters. The molecule has 0 spiro atoms. The number of nitrogens with zero attached hydrogens (tertiary/aromatic N) is 2. The Bertz CT molecular complexity index is 1150. The van der Waals surface area contributed by atoms with Gasteiger partial charge < -0.3 is 0 Å². The first-order chi connectivity index (χ1) is 14.0. The van der Waals surface area contributed by atoms with E-state index in [1.54, 1.807) is 22.0 Å². The van der Waals surface area contributed by atoms with Crippen LogP contribution < -0.4 is 5.56 Å². The molecular weight excluding hydrogens is 407 g/mol. The SMILES string of the molecule is C=CCn1c(SCC(=O)c2ccc(F)cc2)nc2sc3c(c2c1=O)CC[C@H](C)C3. The van der Waals surface area contributed by atoms with Gasteiger partial charge in [-0.1, -0.05) is 24.8 Å². The third-order valence-electron chi connectivity index (χ3n) is 5.19. The quantitative estimate of drug-likeness (QED) is 0.243. The number of thiophene rings is 1. The van der Waals surface area contributed by atoms with Gasteiger partial charge >= 0.3 is 0 Å². The molecule has 0 radical (unpaired) electrons. The van der Waals surface area contributed by atoms with E-state index in [9.17, 15) is 14.0 Å². The van der Waals surface area contributed by atoms with Crippen molar-refractivity contribution in [2.75, 3.05) is 5.75 Å².